The molecule has 0 radical (unpaired) electrons. The third-order valence-electron chi connectivity index (χ3n) is 1.93. The number of hydrazine groups is 1. The Morgan fingerprint density at radius 1 is 1.54 bits per heavy atom. The van der Waals surface area contributed by atoms with Crippen LogP contribution in [0.25, 0.3) is 0 Å². The summed E-state index contributed by atoms with van der Waals surface area (Å²) >= 11 is 0. The van der Waals surface area contributed by atoms with Crippen LogP contribution in [0.2, 0.25) is 0 Å². The van der Waals surface area contributed by atoms with Crippen LogP contribution in [0.15, 0.2) is 4.99 Å². The maximum Gasteiger partial charge on any atom is 0.203 e. The molecule has 13 heavy (non-hydrogen) atoms. The lowest BCUT2D eigenvalue weighted by atomic mass is 10.4. The predicted molar refractivity (Wildman–Crippen MR) is 52.0 cm³/mol. The minimum Gasteiger partial charge on any atom is -0.381 e. The van der Waals surface area contributed by atoms with Crippen LogP contribution in [0.1, 0.15) is 19.3 Å². The first-order valence-electron chi connectivity index (χ1n) is 4.67. The molecular weight excluding hydrogens is 168 g/mol. The summed E-state index contributed by atoms with van der Waals surface area (Å²) in [6.07, 6.45) is 3.57. The SMILES string of the molecule is NNC(N)=NCCCOCC1CC1. The Morgan fingerprint density at radius 3 is 2.92 bits per heavy atom. The van der Waals surface area contributed by atoms with Gasteiger partial charge in [0.2, 0.25) is 5.96 Å². The number of nitrogens with one attached hydrogen (secondary N) is 1. The molecule has 5 nitrogen and oxygen atoms in total. The summed E-state index contributed by atoms with van der Waals surface area (Å²) in [6.45, 7) is 2.34. The van der Waals surface area contributed by atoms with Gasteiger partial charge in [-0.1, -0.05) is 0 Å². The highest BCUT2D eigenvalue weighted by Gasteiger charge is 2.20. The number of hydrogen-bond acceptors (Lipinski definition) is 3. The largest absolute Gasteiger partial charge is 0.381 e. The van der Waals surface area contributed by atoms with Gasteiger partial charge in [0, 0.05) is 19.8 Å². The van der Waals surface area contributed by atoms with Crippen molar-refractivity contribution in [1.29, 1.82) is 0 Å². The number of nitrogens with zero attached hydrogens (tertiary/aromatic N) is 1. The maximum absolute atomic E-state index is 5.41. The van der Waals surface area contributed by atoms with Crippen LogP contribution in [0.3, 0.4) is 0 Å². The molecule has 0 amide bonds. The van der Waals surface area contributed by atoms with E-state index in [-0.39, 0.29) is 5.96 Å². The van der Waals surface area contributed by atoms with Crippen LogP contribution in [0.4, 0.5) is 0 Å². The Kier molecular flexibility index (Phi) is 4.56. The molecule has 1 aliphatic carbocycles. The summed E-state index contributed by atoms with van der Waals surface area (Å²) < 4.78 is 5.41. The molecule has 0 unspecified atom stereocenters. The van der Waals surface area contributed by atoms with Gasteiger partial charge in [-0.3, -0.25) is 10.4 Å². The van der Waals surface area contributed by atoms with Gasteiger partial charge in [0.05, 0.1) is 0 Å². The average Bonchev–Trinajstić information content (AvgIpc) is 2.94. The lowest BCUT2D eigenvalue weighted by Gasteiger charge is -2.01. The second-order valence-electron chi connectivity index (χ2n) is 3.28. The van der Waals surface area contributed by atoms with E-state index in [1.807, 2.05) is 0 Å². The molecular formula is C8H18N4O. The highest BCUT2D eigenvalue weighted by atomic mass is 16.5. The molecule has 0 bridgehead atoms. The van der Waals surface area contributed by atoms with Gasteiger partial charge in [-0.05, 0) is 25.2 Å². The molecule has 0 aromatic carbocycles. The fraction of sp³-hybridized carbons (Fsp3) is 0.875. The van der Waals surface area contributed by atoms with Crippen molar-refractivity contribution in [3.05, 3.63) is 0 Å². The molecule has 0 aliphatic heterocycles. The van der Waals surface area contributed by atoms with Crippen molar-refractivity contribution in [2.24, 2.45) is 22.5 Å². The number of rotatable bonds is 6. The Balaban J connectivity index is 1.82. The van der Waals surface area contributed by atoms with Crippen molar-refractivity contribution in [2.75, 3.05) is 19.8 Å². The number of hydrogen-bond donors (Lipinski definition) is 3. The number of ether oxygens (including phenoxy) is 1. The minimum absolute atomic E-state index is 0.280. The molecule has 1 saturated carbocycles. The molecule has 0 aromatic rings. The topological polar surface area (TPSA) is 85.7 Å². The van der Waals surface area contributed by atoms with Crippen LogP contribution in [0.5, 0.6) is 0 Å². The number of nitrogens with two attached hydrogens (primary N) is 2. The highest BCUT2D eigenvalue weighted by Crippen LogP contribution is 2.28. The number of guanidine groups is 1. The fourth-order valence-electron chi connectivity index (χ4n) is 0.946. The summed E-state index contributed by atoms with van der Waals surface area (Å²) in [7, 11) is 0. The third-order valence-corrected chi connectivity index (χ3v) is 1.93. The van der Waals surface area contributed by atoms with Gasteiger partial charge < -0.3 is 10.5 Å². The van der Waals surface area contributed by atoms with E-state index in [4.69, 9.17) is 16.3 Å². The standard InChI is InChI=1S/C8H18N4O/c9-8(12-10)11-4-1-5-13-6-7-2-3-7/h7H,1-6,10H2,(H3,9,11,12). The molecule has 1 fully saturated rings. The monoisotopic (exact) mass is 186 g/mol. The Bertz CT molecular complexity index is 168. The lowest BCUT2D eigenvalue weighted by molar-refractivity contribution is 0.123. The smallest absolute Gasteiger partial charge is 0.203 e. The maximum atomic E-state index is 5.41. The van der Waals surface area contributed by atoms with Gasteiger partial charge in [-0.25, -0.2) is 5.84 Å². The molecule has 1 rings (SSSR count). The van der Waals surface area contributed by atoms with Gasteiger partial charge in [-0.2, -0.15) is 0 Å². The predicted octanol–water partition coefficient (Wildman–Crippen LogP) is -0.419. The minimum atomic E-state index is 0.280. The second kappa shape index (κ2) is 5.77. The first kappa shape index (κ1) is 10.3. The van der Waals surface area contributed by atoms with Crippen molar-refractivity contribution in [3.8, 4) is 0 Å². The van der Waals surface area contributed by atoms with Gasteiger partial charge in [0.15, 0.2) is 0 Å². The fourth-order valence-corrected chi connectivity index (χ4v) is 0.946. The van der Waals surface area contributed by atoms with Crippen LogP contribution >= 0.6 is 0 Å². The Labute approximate surface area is 78.5 Å². The molecule has 5 heteroatoms. The summed E-state index contributed by atoms with van der Waals surface area (Å²) in [5, 5.41) is 0. The van der Waals surface area contributed by atoms with Crippen molar-refractivity contribution < 1.29 is 4.74 Å². The zero-order valence-corrected chi connectivity index (χ0v) is 7.83. The first-order valence-corrected chi connectivity index (χ1v) is 4.67. The van der Waals surface area contributed by atoms with Gasteiger partial charge in [0.25, 0.3) is 0 Å². The molecule has 0 aromatic heterocycles. The zero-order valence-electron chi connectivity index (χ0n) is 7.83. The van der Waals surface area contributed by atoms with E-state index in [9.17, 15) is 0 Å². The molecule has 1 aliphatic rings. The first-order chi connectivity index (χ1) is 6.33. The molecule has 0 heterocycles. The molecule has 0 atom stereocenters. The highest BCUT2D eigenvalue weighted by molar-refractivity contribution is 5.76. The van der Waals surface area contributed by atoms with E-state index in [2.05, 4.69) is 10.4 Å². The van der Waals surface area contributed by atoms with E-state index in [0.717, 1.165) is 25.6 Å². The van der Waals surface area contributed by atoms with E-state index in [0.29, 0.717) is 6.54 Å². The molecule has 0 spiro atoms. The van der Waals surface area contributed by atoms with Crippen molar-refractivity contribution in [2.45, 2.75) is 19.3 Å². The quantitative estimate of drug-likeness (QED) is 0.173. The Hall–Kier alpha value is -0.810. The summed E-state index contributed by atoms with van der Waals surface area (Å²) in [5.74, 6) is 6.14. The third kappa shape index (κ3) is 5.43. The van der Waals surface area contributed by atoms with Gasteiger partial charge in [-0.15, -0.1) is 0 Å². The summed E-state index contributed by atoms with van der Waals surface area (Å²) in [5.41, 5.74) is 7.59. The average molecular weight is 186 g/mol. The summed E-state index contributed by atoms with van der Waals surface area (Å²) in [4.78, 5) is 3.95. The lowest BCUT2D eigenvalue weighted by Crippen LogP contribution is -2.37. The second-order valence-corrected chi connectivity index (χ2v) is 3.28. The van der Waals surface area contributed by atoms with Gasteiger partial charge >= 0.3 is 0 Å². The molecule has 0 saturated heterocycles. The van der Waals surface area contributed by atoms with Crippen molar-refractivity contribution in [1.82, 2.24) is 5.43 Å². The van der Waals surface area contributed by atoms with E-state index >= 15 is 0 Å². The van der Waals surface area contributed by atoms with Crippen LogP contribution in [-0.2, 0) is 4.74 Å². The van der Waals surface area contributed by atoms with E-state index in [1.165, 1.54) is 12.8 Å². The van der Waals surface area contributed by atoms with Crippen LogP contribution in [0, 0.1) is 5.92 Å². The van der Waals surface area contributed by atoms with Crippen LogP contribution in [-0.4, -0.2) is 25.7 Å². The summed E-state index contributed by atoms with van der Waals surface area (Å²) in [6, 6.07) is 0. The van der Waals surface area contributed by atoms with E-state index in [1.54, 1.807) is 0 Å². The number of aliphatic imine (C=N–C) groups is 1. The Morgan fingerprint density at radius 2 is 2.31 bits per heavy atom. The van der Waals surface area contributed by atoms with Crippen molar-refractivity contribution in [3.63, 3.8) is 0 Å². The zero-order chi connectivity index (χ0) is 9.52. The molecule has 76 valence electrons. The van der Waals surface area contributed by atoms with Crippen LogP contribution < -0.4 is 17.0 Å². The normalized spacial score (nSPS) is 17.5. The van der Waals surface area contributed by atoms with Gasteiger partial charge in [0.1, 0.15) is 0 Å². The van der Waals surface area contributed by atoms with Crippen molar-refractivity contribution >= 4 is 5.96 Å². The van der Waals surface area contributed by atoms with E-state index < -0.39 is 0 Å². The molecule has 5 N–H and O–H groups in total.